The molecule has 0 aromatic rings. The Bertz CT molecular complexity index is 481. The molecule has 21 heavy (non-hydrogen) atoms. The van der Waals surface area contributed by atoms with Gasteiger partial charge in [0.25, 0.3) is 0 Å². The van der Waals surface area contributed by atoms with Gasteiger partial charge in [-0.2, -0.15) is 0 Å². The van der Waals surface area contributed by atoms with Crippen molar-refractivity contribution in [2.24, 2.45) is 0 Å². The van der Waals surface area contributed by atoms with Crippen LogP contribution < -0.4 is 5.32 Å². The molecule has 0 aromatic carbocycles. The van der Waals surface area contributed by atoms with Crippen LogP contribution in [0.25, 0.3) is 0 Å². The second-order valence-corrected chi connectivity index (χ2v) is 10.5. The zero-order chi connectivity index (χ0) is 15.3. The molecule has 2 heterocycles. The van der Waals surface area contributed by atoms with E-state index in [2.05, 4.69) is 5.32 Å². The molecule has 0 radical (unpaired) electrons. The van der Waals surface area contributed by atoms with Gasteiger partial charge < -0.3 is 10.1 Å². The average Bonchev–Trinajstić information content (AvgIpc) is 2.90. The molecule has 2 rings (SSSR count). The van der Waals surface area contributed by atoms with Crippen LogP contribution in [0.2, 0.25) is 0 Å². The molecular formula is C13H25NO5S2. The Morgan fingerprint density at radius 1 is 0.905 bits per heavy atom. The van der Waals surface area contributed by atoms with Crippen molar-refractivity contribution in [2.75, 3.05) is 36.2 Å². The summed E-state index contributed by atoms with van der Waals surface area (Å²) in [6, 6.07) is 0.120. The summed E-state index contributed by atoms with van der Waals surface area (Å²) in [6.07, 6.45) is 4.15. The summed E-state index contributed by atoms with van der Waals surface area (Å²) in [6.45, 7) is 1.44. The van der Waals surface area contributed by atoms with E-state index in [0.717, 1.165) is 32.2 Å². The summed E-state index contributed by atoms with van der Waals surface area (Å²) in [5, 5.41) is 3.28. The van der Waals surface area contributed by atoms with Crippen molar-refractivity contribution in [3.05, 3.63) is 0 Å². The smallest absolute Gasteiger partial charge is 0.152 e. The van der Waals surface area contributed by atoms with Gasteiger partial charge in [-0.05, 0) is 38.6 Å². The highest BCUT2D eigenvalue weighted by Gasteiger charge is 2.28. The monoisotopic (exact) mass is 339 g/mol. The molecule has 0 aliphatic carbocycles. The van der Waals surface area contributed by atoms with Crippen LogP contribution in [0, 0.1) is 0 Å². The van der Waals surface area contributed by atoms with Crippen molar-refractivity contribution in [2.45, 2.75) is 44.2 Å². The van der Waals surface area contributed by atoms with E-state index in [1.54, 1.807) is 0 Å². The van der Waals surface area contributed by atoms with Gasteiger partial charge in [-0.3, -0.25) is 0 Å². The Morgan fingerprint density at radius 2 is 1.62 bits per heavy atom. The molecule has 2 saturated heterocycles. The topological polar surface area (TPSA) is 89.5 Å². The van der Waals surface area contributed by atoms with E-state index >= 15 is 0 Å². The summed E-state index contributed by atoms with van der Waals surface area (Å²) in [4.78, 5) is 0. The summed E-state index contributed by atoms with van der Waals surface area (Å²) >= 11 is 0. The number of ether oxygens (including phenoxy) is 1. The summed E-state index contributed by atoms with van der Waals surface area (Å²) in [5.41, 5.74) is 0. The van der Waals surface area contributed by atoms with Gasteiger partial charge in [0.1, 0.15) is 0 Å². The van der Waals surface area contributed by atoms with Crippen molar-refractivity contribution < 1.29 is 21.6 Å². The Labute approximate surface area is 127 Å². The van der Waals surface area contributed by atoms with Gasteiger partial charge in [0.2, 0.25) is 0 Å². The Hall–Kier alpha value is -0.180. The molecule has 0 saturated carbocycles. The summed E-state index contributed by atoms with van der Waals surface area (Å²) < 4.78 is 50.7. The van der Waals surface area contributed by atoms with Crippen LogP contribution in [0.15, 0.2) is 0 Å². The fourth-order valence-corrected chi connectivity index (χ4v) is 6.13. The summed E-state index contributed by atoms with van der Waals surface area (Å²) in [5.74, 6) is 1.01. The first-order valence-electron chi connectivity index (χ1n) is 7.62. The van der Waals surface area contributed by atoms with Crippen LogP contribution in [-0.4, -0.2) is 65.1 Å². The van der Waals surface area contributed by atoms with E-state index in [9.17, 15) is 16.8 Å². The van der Waals surface area contributed by atoms with Gasteiger partial charge in [0.05, 0.1) is 29.1 Å². The molecule has 0 bridgehead atoms. The third-order valence-electron chi connectivity index (χ3n) is 4.03. The van der Waals surface area contributed by atoms with Crippen LogP contribution >= 0.6 is 0 Å². The first-order valence-corrected chi connectivity index (χ1v) is 11.3. The fourth-order valence-electron chi connectivity index (χ4n) is 2.81. The maximum Gasteiger partial charge on any atom is 0.152 e. The van der Waals surface area contributed by atoms with Crippen molar-refractivity contribution in [3.8, 4) is 0 Å². The quantitative estimate of drug-likeness (QED) is 0.633. The second kappa shape index (κ2) is 7.39. The lowest BCUT2D eigenvalue weighted by molar-refractivity contribution is 0.0680. The Kier molecular flexibility index (Phi) is 6.05. The van der Waals surface area contributed by atoms with Crippen LogP contribution in [-0.2, 0) is 24.4 Å². The zero-order valence-electron chi connectivity index (χ0n) is 12.3. The van der Waals surface area contributed by atoms with Crippen molar-refractivity contribution in [1.82, 2.24) is 5.32 Å². The van der Waals surface area contributed by atoms with Crippen LogP contribution in [0.3, 0.4) is 0 Å². The molecule has 0 aromatic heterocycles. The highest BCUT2D eigenvalue weighted by atomic mass is 32.2. The minimum atomic E-state index is -2.85. The van der Waals surface area contributed by atoms with E-state index in [4.69, 9.17) is 4.74 Å². The van der Waals surface area contributed by atoms with Crippen molar-refractivity contribution in [1.29, 1.82) is 0 Å². The first kappa shape index (κ1) is 17.2. The molecule has 1 N–H and O–H groups in total. The third kappa shape index (κ3) is 6.22. The van der Waals surface area contributed by atoms with Crippen LogP contribution in [0.1, 0.15) is 32.1 Å². The molecule has 0 unspecified atom stereocenters. The van der Waals surface area contributed by atoms with Crippen LogP contribution in [0.4, 0.5) is 0 Å². The number of sulfone groups is 2. The predicted molar refractivity (Wildman–Crippen MR) is 81.9 cm³/mol. The standard InChI is InChI=1S/C13H25NO5S2/c15-20(16)8-4-12(10-20)14-6-2-1-3-7-19-13-5-9-21(17,18)11-13/h12-14H,1-11H2/t12-,13-/m0/s1. The molecule has 2 atom stereocenters. The number of unbranched alkanes of at least 4 members (excludes halogenated alkanes) is 2. The normalized spacial score (nSPS) is 30.7. The number of nitrogens with one attached hydrogen (secondary N) is 1. The van der Waals surface area contributed by atoms with E-state index in [1.165, 1.54) is 0 Å². The maximum absolute atomic E-state index is 11.3. The first-order chi connectivity index (χ1) is 9.86. The average molecular weight is 339 g/mol. The Balaban J connectivity index is 1.44. The molecule has 0 spiro atoms. The van der Waals surface area contributed by atoms with Gasteiger partial charge in [0, 0.05) is 12.6 Å². The number of hydrogen-bond donors (Lipinski definition) is 1. The van der Waals surface area contributed by atoms with Gasteiger partial charge in [0.15, 0.2) is 19.7 Å². The van der Waals surface area contributed by atoms with Gasteiger partial charge in [-0.1, -0.05) is 0 Å². The van der Waals surface area contributed by atoms with Gasteiger partial charge in [-0.15, -0.1) is 0 Å². The SMILES string of the molecule is O=S1(=O)CC[C@H](NCCCCCO[C@H]2CCS(=O)(=O)C2)C1. The lowest BCUT2D eigenvalue weighted by Crippen LogP contribution is -2.30. The highest BCUT2D eigenvalue weighted by Crippen LogP contribution is 2.15. The van der Waals surface area contributed by atoms with Crippen LogP contribution in [0.5, 0.6) is 0 Å². The van der Waals surface area contributed by atoms with Gasteiger partial charge >= 0.3 is 0 Å². The molecular weight excluding hydrogens is 314 g/mol. The number of rotatable bonds is 8. The van der Waals surface area contributed by atoms with E-state index in [-0.39, 0.29) is 29.4 Å². The number of hydrogen-bond acceptors (Lipinski definition) is 6. The van der Waals surface area contributed by atoms with Crippen molar-refractivity contribution in [3.63, 3.8) is 0 Å². The van der Waals surface area contributed by atoms with Gasteiger partial charge in [-0.25, -0.2) is 16.8 Å². The van der Waals surface area contributed by atoms with E-state index < -0.39 is 19.7 Å². The second-order valence-electron chi connectivity index (χ2n) is 6.01. The molecule has 0 amide bonds. The van der Waals surface area contributed by atoms with E-state index in [1.807, 2.05) is 0 Å². The third-order valence-corrected chi connectivity index (χ3v) is 7.54. The Morgan fingerprint density at radius 3 is 2.24 bits per heavy atom. The predicted octanol–water partition coefficient (Wildman–Crippen LogP) is 0.137. The highest BCUT2D eigenvalue weighted by molar-refractivity contribution is 7.91. The molecule has 2 aliphatic heterocycles. The van der Waals surface area contributed by atoms with E-state index in [0.29, 0.717) is 18.8 Å². The van der Waals surface area contributed by atoms with Crippen molar-refractivity contribution >= 4 is 19.7 Å². The molecule has 2 aliphatic rings. The lowest BCUT2D eigenvalue weighted by atomic mass is 10.2. The summed E-state index contributed by atoms with van der Waals surface area (Å²) in [7, 11) is -5.65. The minimum Gasteiger partial charge on any atom is -0.377 e. The molecule has 2 fully saturated rings. The fraction of sp³-hybridized carbons (Fsp3) is 1.00. The largest absolute Gasteiger partial charge is 0.377 e. The lowest BCUT2D eigenvalue weighted by Gasteiger charge is -2.11. The molecule has 124 valence electrons. The molecule has 6 nitrogen and oxygen atoms in total. The molecule has 8 heteroatoms. The minimum absolute atomic E-state index is 0.114. The maximum atomic E-state index is 11.3. The zero-order valence-corrected chi connectivity index (χ0v) is 13.9.